The lowest BCUT2D eigenvalue weighted by molar-refractivity contribution is -0.791. The van der Waals surface area contributed by atoms with E-state index >= 15 is 0 Å². The molecule has 8 rings (SSSR count). The summed E-state index contributed by atoms with van der Waals surface area (Å²) < 4.78 is 5.20. The van der Waals surface area contributed by atoms with Crippen LogP contribution in [0.5, 0.6) is 0 Å². The Morgan fingerprint density at radius 1 is 0.667 bits per heavy atom. The van der Waals surface area contributed by atoms with Crippen molar-refractivity contribution >= 4 is 17.2 Å². The molecule has 0 aliphatic carbocycles. The van der Waals surface area contributed by atoms with Gasteiger partial charge in [0, 0.05) is 30.2 Å². The van der Waals surface area contributed by atoms with Gasteiger partial charge in [-0.15, -0.1) is 0 Å². The lowest BCUT2D eigenvalue weighted by Gasteiger charge is -2.29. The molecule has 5 heterocycles. The number of pyridine rings is 2. The van der Waals surface area contributed by atoms with Gasteiger partial charge in [0.2, 0.25) is 11.7 Å². The van der Waals surface area contributed by atoms with Gasteiger partial charge in [-0.25, -0.2) is 4.57 Å². The number of anilines is 3. The van der Waals surface area contributed by atoms with Gasteiger partial charge in [0.1, 0.15) is 17.1 Å². The standard InChI is InChI=1S/C39H39N3/c1-38(2,3)26-22-27(39(4,5)6)24-28(23-26)41-33-18-11-15-30-31-16-9-10-20-40(31)37(36(30)33)34-21-25-13-7-8-14-29(25)32-17-12-19-35(41)42(32)34/h7-20,22-24,34,37H,21H2,1-6H3/q+2. The summed E-state index contributed by atoms with van der Waals surface area (Å²) in [5.74, 6) is 1.24. The molecule has 3 nitrogen and oxygen atoms in total. The van der Waals surface area contributed by atoms with Gasteiger partial charge < -0.3 is 0 Å². The monoisotopic (exact) mass is 549 g/mol. The number of aromatic nitrogens is 2. The predicted molar refractivity (Wildman–Crippen MR) is 171 cm³/mol. The summed E-state index contributed by atoms with van der Waals surface area (Å²) in [5.41, 5.74) is 13.5. The summed E-state index contributed by atoms with van der Waals surface area (Å²) in [6.45, 7) is 14.0. The Labute approximate surface area is 249 Å². The molecule has 2 unspecified atom stereocenters. The second-order valence-corrected chi connectivity index (χ2v) is 14.3. The first kappa shape index (κ1) is 25.5. The third-order valence-electron chi connectivity index (χ3n) is 9.65. The molecule has 3 aliphatic heterocycles. The van der Waals surface area contributed by atoms with Crippen molar-refractivity contribution in [3.05, 3.63) is 126 Å². The number of nitrogens with zero attached hydrogens (tertiary/aromatic N) is 3. The van der Waals surface area contributed by atoms with E-state index in [1.807, 2.05) is 0 Å². The lowest BCUT2D eigenvalue weighted by Crippen LogP contribution is -2.55. The molecule has 0 bridgehead atoms. The van der Waals surface area contributed by atoms with Crippen molar-refractivity contribution in [2.24, 2.45) is 0 Å². The van der Waals surface area contributed by atoms with Crippen LogP contribution in [0.25, 0.3) is 22.5 Å². The van der Waals surface area contributed by atoms with Crippen molar-refractivity contribution in [1.82, 2.24) is 0 Å². The molecule has 208 valence electrons. The SMILES string of the molecule is CC(C)(C)c1cc(N2c3cccc4c3C(C3Cc5ccccc5-c5cccc2[n+]53)[n+]2ccccc2-4)cc(C(C)(C)C)c1. The van der Waals surface area contributed by atoms with Crippen LogP contribution in [0.4, 0.5) is 17.2 Å². The minimum absolute atomic E-state index is 0.0276. The van der Waals surface area contributed by atoms with E-state index in [9.17, 15) is 0 Å². The number of fused-ring (bicyclic) bond motifs is 6. The summed E-state index contributed by atoms with van der Waals surface area (Å²) in [7, 11) is 0. The average molecular weight is 550 g/mol. The van der Waals surface area contributed by atoms with Crippen molar-refractivity contribution in [2.45, 2.75) is 70.9 Å². The molecule has 0 spiro atoms. The average Bonchev–Trinajstić information content (AvgIpc) is 3.24. The molecule has 0 radical (unpaired) electrons. The van der Waals surface area contributed by atoms with Gasteiger partial charge in [0.15, 0.2) is 12.2 Å². The van der Waals surface area contributed by atoms with Gasteiger partial charge in [0.25, 0.3) is 5.82 Å². The molecule has 0 fully saturated rings. The van der Waals surface area contributed by atoms with Crippen LogP contribution < -0.4 is 14.0 Å². The molecule has 2 aromatic heterocycles. The highest BCUT2D eigenvalue weighted by atomic mass is 15.3. The van der Waals surface area contributed by atoms with E-state index in [1.165, 1.54) is 62.0 Å². The fraction of sp³-hybridized carbons (Fsp3) is 0.282. The van der Waals surface area contributed by atoms with E-state index in [2.05, 4.69) is 159 Å². The van der Waals surface area contributed by atoms with Crippen LogP contribution in [0.3, 0.4) is 0 Å². The Morgan fingerprint density at radius 2 is 1.33 bits per heavy atom. The van der Waals surface area contributed by atoms with Gasteiger partial charge in [0.05, 0.1) is 11.1 Å². The third-order valence-corrected chi connectivity index (χ3v) is 9.65. The van der Waals surface area contributed by atoms with Crippen LogP contribution in [0, 0.1) is 0 Å². The van der Waals surface area contributed by atoms with Crippen molar-refractivity contribution in [3.8, 4) is 22.5 Å². The van der Waals surface area contributed by atoms with Crippen LogP contribution in [-0.4, -0.2) is 0 Å². The zero-order valence-corrected chi connectivity index (χ0v) is 25.5. The number of benzene rings is 3. The first-order valence-corrected chi connectivity index (χ1v) is 15.3. The summed E-state index contributed by atoms with van der Waals surface area (Å²) in [5, 5.41) is 0. The lowest BCUT2D eigenvalue weighted by atomic mass is 9.80. The van der Waals surface area contributed by atoms with E-state index in [4.69, 9.17) is 0 Å². The van der Waals surface area contributed by atoms with Gasteiger partial charge in [-0.2, -0.15) is 9.47 Å². The minimum atomic E-state index is 0.0276. The van der Waals surface area contributed by atoms with Gasteiger partial charge in [-0.1, -0.05) is 77.9 Å². The van der Waals surface area contributed by atoms with Crippen molar-refractivity contribution in [3.63, 3.8) is 0 Å². The van der Waals surface area contributed by atoms with Gasteiger partial charge >= 0.3 is 0 Å². The maximum atomic E-state index is 2.66. The van der Waals surface area contributed by atoms with Crippen molar-refractivity contribution < 1.29 is 9.13 Å². The topological polar surface area (TPSA) is 11.0 Å². The van der Waals surface area contributed by atoms with Crippen LogP contribution in [0.1, 0.15) is 75.9 Å². The fourth-order valence-corrected chi connectivity index (χ4v) is 7.50. The second-order valence-electron chi connectivity index (χ2n) is 14.3. The van der Waals surface area contributed by atoms with Crippen molar-refractivity contribution in [1.29, 1.82) is 0 Å². The summed E-state index contributed by atoms with van der Waals surface area (Å²) in [4.78, 5) is 2.57. The normalized spacial score (nSPS) is 18.1. The highest BCUT2D eigenvalue weighted by Crippen LogP contribution is 2.52. The number of hydrogen-bond donors (Lipinski definition) is 0. The summed E-state index contributed by atoms with van der Waals surface area (Å²) >= 11 is 0. The Balaban J connectivity index is 1.50. The van der Waals surface area contributed by atoms with Crippen LogP contribution in [0.15, 0.2) is 103 Å². The van der Waals surface area contributed by atoms with Crippen LogP contribution in [0.2, 0.25) is 0 Å². The second kappa shape index (κ2) is 8.64. The smallest absolute Gasteiger partial charge is 0.216 e. The highest BCUT2D eigenvalue weighted by Gasteiger charge is 2.53. The molecule has 42 heavy (non-hydrogen) atoms. The molecular weight excluding hydrogens is 510 g/mol. The maximum absolute atomic E-state index is 2.66. The highest BCUT2D eigenvalue weighted by molar-refractivity contribution is 5.84. The van der Waals surface area contributed by atoms with Crippen molar-refractivity contribution in [2.75, 3.05) is 4.90 Å². The molecule has 3 heteroatoms. The molecule has 2 atom stereocenters. The maximum Gasteiger partial charge on any atom is 0.287 e. The summed E-state index contributed by atoms with van der Waals surface area (Å²) in [6, 6.07) is 37.3. The molecule has 0 saturated carbocycles. The Morgan fingerprint density at radius 3 is 2.10 bits per heavy atom. The number of hydrogen-bond acceptors (Lipinski definition) is 1. The Bertz CT molecular complexity index is 1870. The molecule has 3 aliphatic rings. The van der Waals surface area contributed by atoms with E-state index in [-0.39, 0.29) is 22.9 Å². The zero-order valence-electron chi connectivity index (χ0n) is 25.5. The summed E-state index contributed by atoms with van der Waals surface area (Å²) in [6.07, 6.45) is 3.29. The number of rotatable bonds is 1. The first-order chi connectivity index (χ1) is 20.1. The fourth-order valence-electron chi connectivity index (χ4n) is 7.50. The van der Waals surface area contributed by atoms with E-state index in [0.717, 1.165) is 6.42 Å². The Kier molecular flexibility index (Phi) is 5.24. The van der Waals surface area contributed by atoms with Gasteiger partial charge in [-0.3, -0.25) is 0 Å². The molecule has 0 saturated heterocycles. The first-order valence-electron chi connectivity index (χ1n) is 15.3. The minimum Gasteiger partial charge on any atom is -0.216 e. The molecule has 0 N–H and O–H groups in total. The predicted octanol–water partition coefficient (Wildman–Crippen LogP) is 8.67. The van der Waals surface area contributed by atoms with E-state index in [1.54, 1.807) is 0 Å². The molecule has 5 aromatic rings. The van der Waals surface area contributed by atoms with E-state index in [0.29, 0.717) is 0 Å². The molecule has 3 aromatic carbocycles. The third kappa shape index (κ3) is 3.59. The zero-order chi connectivity index (χ0) is 29.0. The van der Waals surface area contributed by atoms with E-state index < -0.39 is 0 Å². The molecular formula is C39H39N3+2. The van der Waals surface area contributed by atoms with Crippen LogP contribution in [-0.2, 0) is 17.3 Å². The van der Waals surface area contributed by atoms with Gasteiger partial charge in [-0.05, 0) is 70.0 Å². The largest absolute Gasteiger partial charge is 0.287 e. The quantitative estimate of drug-likeness (QED) is 0.190. The Hall–Kier alpha value is -4.24. The molecule has 0 amide bonds. The van der Waals surface area contributed by atoms with Crippen LogP contribution >= 0.6 is 0 Å².